The van der Waals surface area contributed by atoms with Crippen molar-refractivity contribution in [2.75, 3.05) is 4.90 Å². The number of fused-ring (bicyclic) bond motifs is 10. The van der Waals surface area contributed by atoms with Gasteiger partial charge in [-0.05, 0) is 103 Å². The highest BCUT2D eigenvalue weighted by atomic mass is 32.1. The Hall–Kier alpha value is -5.04. The molecule has 248 valence electrons. The van der Waals surface area contributed by atoms with Gasteiger partial charge in [0.25, 0.3) is 6.71 Å². The lowest BCUT2D eigenvalue weighted by Gasteiger charge is -2.34. The maximum atomic E-state index is 7.13. The summed E-state index contributed by atoms with van der Waals surface area (Å²) < 4.78 is 19.0. The van der Waals surface area contributed by atoms with E-state index in [1.54, 1.807) is 0 Å². The lowest BCUT2D eigenvalue weighted by molar-refractivity contribution is 0.470. The molecule has 3 nitrogen and oxygen atoms in total. The second-order valence-electron chi connectivity index (χ2n) is 15.2. The molecule has 6 heteroatoms. The highest BCUT2D eigenvalue weighted by Crippen LogP contribution is 2.51. The van der Waals surface area contributed by atoms with Gasteiger partial charge in [0.1, 0.15) is 23.0 Å². The summed E-state index contributed by atoms with van der Waals surface area (Å²) in [6, 6.07) is 40.3. The quantitative estimate of drug-likeness (QED) is 0.172. The van der Waals surface area contributed by atoms with Gasteiger partial charge < -0.3 is 14.4 Å². The fourth-order valence-electron chi connectivity index (χ4n) is 7.87. The summed E-state index contributed by atoms with van der Waals surface area (Å²) >= 11 is 3.70. The molecule has 0 saturated carbocycles. The third-order valence-corrected chi connectivity index (χ3v) is 12.9. The van der Waals surface area contributed by atoms with E-state index in [0.717, 1.165) is 51.1 Å². The number of hydrogen-bond acceptors (Lipinski definition) is 5. The molecule has 2 aliphatic heterocycles. The summed E-state index contributed by atoms with van der Waals surface area (Å²) in [6.45, 7) is 13.2. The fourth-order valence-corrected chi connectivity index (χ4v) is 10.3. The Kier molecular flexibility index (Phi) is 6.62. The second kappa shape index (κ2) is 11.0. The van der Waals surface area contributed by atoms with Crippen molar-refractivity contribution in [1.82, 2.24) is 0 Å². The van der Waals surface area contributed by atoms with Crippen LogP contribution < -0.4 is 30.1 Å². The van der Waals surface area contributed by atoms with Gasteiger partial charge in [0.15, 0.2) is 0 Å². The second-order valence-corrected chi connectivity index (χ2v) is 17.3. The summed E-state index contributed by atoms with van der Waals surface area (Å²) in [5, 5.41) is 3.58. The Balaban J connectivity index is 1.32. The third-order valence-electron chi connectivity index (χ3n) is 10.5. The Labute approximate surface area is 306 Å². The normalized spacial score (nSPS) is 13.2. The molecule has 2 aromatic heterocycles. The predicted molar refractivity (Wildman–Crippen MR) is 220 cm³/mol. The minimum absolute atomic E-state index is 0.0283. The molecular formula is C45H36BNO2S2. The molecule has 0 N–H and O–H groups in total. The molecule has 0 bridgehead atoms. The third kappa shape index (κ3) is 4.69. The van der Waals surface area contributed by atoms with E-state index in [1.165, 1.54) is 57.2 Å². The van der Waals surface area contributed by atoms with Gasteiger partial charge in [0, 0.05) is 47.2 Å². The van der Waals surface area contributed by atoms with E-state index in [4.69, 9.17) is 9.47 Å². The first-order valence-electron chi connectivity index (χ1n) is 17.6. The lowest BCUT2D eigenvalue weighted by atomic mass is 9.37. The molecule has 0 spiro atoms. The molecule has 51 heavy (non-hydrogen) atoms. The number of rotatable bonds is 3. The highest BCUT2D eigenvalue weighted by molar-refractivity contribution is 7.33. The molecular weight excluding hydrogens is 661 g/mol. The van der Waals surface area contributed by atoms with Crippen LogP contribution in [0, 0.1) is 20.8 Å². The largest absolute Gasteiger partial charge is 0.458 e. The van der Waals surface area contributed by atoms with Crippen molar-refractivity contribution in [3.8, 4) is 23.0 Å². The van der Waals surface area contributed by atoms with Gasteiger partial charge in [0.05, 0.1) is 10.4 Å². The van der Waals surface area contributed by atoms with Gasteiger partial charge in [-0.3, -0.25) is 0 Å². The number of aryl methyl sites for hydroxylation is 3. The Morgan fingerprint density at radius 2 is 1.24 bits per heavy atom. The van der Waals surface area contributed by atoms with Gasteiger partial charge >= 0.3 is 0 Å². The zero-order valence-electron chi connectivity index (χ0n) is 29.5. The molecule has 0 atom stereocenters. The van der Waals surface area contributed by atoms with Crippen molar-refractivity contribution in [2.24, 2.45) is 0 Å². The van der Waals surface area contributed by atoms with E-state index in [1.807, 2.05) is 22.7 Å². The molecule has 0 radical (unpaired) electrons. The zero-order valence-corrected chi connectivity index (χ0v) is 31.2. The molecule has 2 aliphatic rings. The number of anilines is 3. The summed E-state index contributed by atoms with van der Waals surface area (Å²) in [7, 11) is 0. The average Bonchev–Trinajstić information content (AvgIpc) is 3.68. The van der Waals surface area contributed by atoms with E-state index < -0.39 is 0 Å². The minimum Gasteiger partial charge on any atom is -0.458 e. The molecule has 0 fully saturated rings. The topological polar surface area (TPSA) is 21.7 Å². The first-order valence-corrected chi connectivity index (χ1v) is 19.2. The SMILES string of the molecule is Cc1ccc(N(c2ccc(C)cc2)c2cc3c(c4c2sc2ccccc24)Oc2cc(C)cc4c2B3c2sc3ccc(C(C)(C)C)cc3c2O4)cc1. The number of hydrogen-bond donors (Lipinski definition) is 0. The van der Waals surface area contributed by atoms with Gasteiger partial charge in [-0.1, -0.05) is 80.4 Å². The van der Waals surface area contributed by atoms with Crippen LogP contribution >= 0.6 is 22.7 Å². The van der Waals surface area contributed by atoms with Gasteiger partial charge in [0.2, 0.25) is 0 Å². The average molecular weight is 698 g/mol. The number of benzene rings is 6. The van der Waals surface area contributed by atoms with Crippen molar-refractivity contribution >= 4 is 92.4 Å². The van der Waals surface area contributed by atoms with Gasteiger partial charge in [-0.25, -0.2) is 0 Å². The van der Waals surface area contributed by atoms with Crippen molar-refractivity contribution in [2.45, 2.75) is 47.0 Å². The lowest BCUT2D eigenvalue weighted by Crippen LogP contribution is -2.56. The summed E-state index contributed by atoms with van der Waals surface area (Å²) in [5.74, 6) is 3.71. The van der Waals surface area contributed by atoms with Gasteiger partial charge in [-0.15, -0.1) is 22.7 Å². The van der Waals surface area contributed by atoms with Crippen molar-refractivity contribution in [3.63, 3.8) is 0 Å². The monoisotopic (exact) mass is 697 g/mol. The van der Waals surface area contributed by atoms with Crippen LogP contribution in [0.1, 0.15) is 43.0 Å². The van der Waals surface area contributed by atoms with E-state index in [2.05, 4.69) is 156 Å². The fraction of sp³-hybridized carbons (Fsp3) is 0.156. The van der Waals surface area contributed by atoms with Crippen LogP contribution in [0.25, 0.3) is 30.3 Å². The molecule has 0 aliphatic carbocycles. The zero-order chi connectivity index (χ0) is 34.8. The summed E-state index contributed by atoms with van der Waals surface area (Å²) in [5.41, 5.74) is 10.6. The Morgan fingerprint density at radius 1 is 0.608 bits per heavy atom. The number of thiophene rings is 2. The van der Waals surface area contributed by atoms with Gasteiger partial charge in [-0.2, -0.15) is 0 Å². The van der Waals surface area contributed by atoms with Crippen LogP contribution in [0.15, 0.2) is 109 Å². The predicted octanol–water partition coefficient (Wildman–Crippen LogP) is 11.7. The van der Waals surface area contributed by atoms with Crippen molar-refractivity contribution in [3.05, 3.63) is 131 Å². The first kappa shape index (κ1) is 30.8. The molecule has 0 saturated heterocycles. The number of ether oxygens (including phenoxy) is 2. The standard InChI is InChI=1S/C45H36BNO2S2/c1-25-11-16-29(17-12-25)47(30-18-13-26(2)14-19-30)34-24-33-42(39-31-9-7-8-10-37(31)50-43(34)39)49-36-22-27(3)21-35-40(36)46(33)44-41(48-35)32-23-28(45(4,5)6)15-20-38(32)51-44/h7-24H,1-6H3. The maximum Gasteiger partial charge on any atom is 0.273 e. The van der Waals surface area contributed by atoms with Crippen molar-refractivity contribution in [1.29, 1.82) is 0 Å². The first-order chi connectivity index (χ1) is 24.6. The molecule has 8 aromatic rings. The summed E-state index contributed by atoms with van der Waals surface area (Å²) in [4.78, 5) is 2.43. The van der Waals surface area contributed by atoms with Crippen LogP contribution in [0.2, 0.25) is 0 Å². The maximum absolute atomic E-state index is 7.13. The molecule has 0 amide bonds. The highest BCUT2D eigenvalue weighted by Gasteiger charge is 2.44. The Bertz CT molecular complexity index is 2670. The smallest absolute Gasteiger partial charge is 0.273 e. The van der Waals surface area contributed by atoms with Crippen LogP contribution in [-0.2, 0) is 5.41 Å². The molecule has 4 heterocycles. The van der Waals surface area contributed by atoms with E-state index in [0.29, 0.717) is 0 Å². The number of nitrogens with zero attached hydrogens (tertiary/aromatic N) is 1. The Morgan fingerprint density at radius 3 is 1.90 bits per heavy atom. The van der Waals surface area contributed by atoms with E-state index in [9.17, 15) is 0 Å². The molecule has 6 aromatic carbocycles. The van der Waals surface area contributed by atoms with Crippen LogP contribution in [0.5, 0.6) is 23.0 Å². The summed E-state index contributed by atoms with van der Waals surface area (Å²) in [6.07, 6.45) is 0. The van der Waals surface area contributed by atoms with Crippen molar-refractivity contribution < 1.29 is 9.47 Å². The van der Waals surface area contributed by atoms with E-state index in [-0.39, 0.29) is 12.1 Å². The van der Waals surface area contributed by atoms with Crippen LogP contribution in [-0.4, -0.2) is 6.71 Å². The molecule has 10 rings (SSSR count). The molecule has 0 unspecified atom stereocenters. The minimum atomic E-state index is -0.0433. The van der Waals surface area contributed by atoms with Crippen LogP contribution in [0.4, 0.5) is 17.1 Å². The van der Waals surface area contributed by atoms with E-state index >= 15 is 0 Å². The van der Waals surface area contributed by atoms with Crippen LogP contribution in [0.3, 0.4) is 0 Å².